The van der Waals surface area contributed by atoms with Crippen LogP contribution in [-0.2, 0) is 14.2 Å². The van der Waals surface area contributed by atoms with Crippen molar-refractivity contribution in [2.45, 2.75) is 18.3 Å². The van der Waals surface area contributed by atoms with Crippen molar-refractivity contribution in [3.8, 4) is 0 Å². The summed E-state index contributed by atoms with van der Waals surface area (Å²) in [4.78, 5) is 24.8. The van der Waals surface area contributed by atoms with Crippen molar-refractivity contribution in [1.29, 1.82) is 0 Å². The fourth-order valence-corrected chi connectivity index (χ4v) is 3.09. The molecule has 0 bridgehead atoms. The second kappa shape index (κ2) is 9.24. The van der Waals surface area contributed by atoms with Gasteiger partial charge in [0.2, 0.25) is 0 Å². The zero-order chi connectivity index (χ0) is 20.8. The summed E-state index contributed by atoms with van der Waals surface area (Å²) in [5, 5.41) is 0. The minimum Gasteiger partial charge on any atom is -0.466 e. The molecule has 0 radical (unpaired) electrons. The molecule has 0 amide bonds. The largest absolute Gasteiger partial charge is 0.466 e. The Kier molecular flexibility index (Phi) is 6.06. The molecule has 1 unspecified atom stereocenters. The molecule has 0 spiro atoms. The van der Waals surface area contributed by atoms with E-state index >= 15 is 0 Å². The molecule has 0 saturated heterocycles. The zero-order valence-electron chi connectivity index (χ0n) is 16.0. The first-order chi connectivity index (χ1) is 14.7. The van der Waals surface area contributed by atoms with Crippen molar-refractivity contribution in [1.82, 2.24) is 0 Å². The number of benzene rings is 2. The summed E-state index contributed by atoms with van der Waals surface area (Å²) in [5.74, 6) is -0.348. The van der Waals surface area contributed by atoms with Gasteiger partial charge in [-0.05, 0) is 48.6 Å². The van der Waals surface area contributed by atoms with Gasteiger partial charge in [0.1, 0.15) is 30.7 Å². The summed E-state index contributed by atoms with van der Waals surface area (Å²) >= 11 is 0. The van der Waals surface area contributed by atoms with Gasteiger partial charge in [-0.3, -0.25) is 0 Å². The first-order valence-electron chi connectivity index (χ1n) is 9.56. The van der Waals surface area contributed by atoms with Gasteiger partial charge in [-0.2, -0.15) is 0 Å². The predicted molar refractivity (Wildman–Crippen MR) is 108 cm³/mol. The molecule has 1 aliphatic heterocycles. The third kappa shape index (κ3) is 4.67. The van der Waals surface area contributed by atoms with Crippen LogP contribution >= 0.6 is 0 Å². The molecule has 3 aromatic rings. The Morgan fingerprint density at radius 1 is 0.800 bits per heavy atom. The molecule has 30 heavy (non-hydrogen) atoms. The monoisotopic (exact) mass is 404 g/mol. The van der Waals surface area contributed by atoms with Gasteiger partial charge in [-0.1, -0.05) is 36.4 Å². The van der Waals surface area contributed by atoms with E-state index in [0.29, 0.717) is 16.9 Å². The Bertz CT molecular complexity index is 995. The highest BCUT2D eigenvalue weighted by atomic mass is 16.6. The van der Waals surface area contributed by atoms with Crippen LogP contribution in [0.3, 0.4) is 0 Å². The summed E-state index contributed by atoms with van der Waals surface area (Å²) in [6.45, 7) is -0.0813. The average molecular weight is 404 g/mol. The van der Waals surface area contributed by atoms with E-state index in [1.807, 2.05) is 12.1 Å². The molecule has 6 heteroatoms. The van der Waals surface area contributed by atoms with Crippen molar-refractivity contribution >= 4 is 11.9 Å². The lowest BCUT2D eigenvalue weighted by molar-refractivity contribution is -0.0947. The van der Waals surface area contributed by atoms with Crippen molar-refractivity contribution in [2.75, 3.05) is 6.61 Å². The van der Waals surface area contributed by atoms with Crippen LogP contribution in [0.15, 0.2) is 95.6 Å². The van der Waals surface area contributed by atoms with E-state index in [1.165, 1.54) is 0 Å². The van der Waals surface area contributed by atoms with Gasteiger partial charge in [0.15, 0.2) is 0 Å². The number of rotatable bonds is 6. The summed E-state index contributed by atoms with van der Waals surface area (Å²) in [5.41, 5.74) is 0.864. The van der Waals surface area contributed by atoms with E-state index in [4.69, 9.17) is 18.6 Å². The van der Waals surface area contributed by atoms with Crippen molar-refractivity contribution in [3.05, 3.63) is 108 Å². The van der Waals surface area contributed by atoms with E-state index in [0.717, 1.165) is 0 Å². The molecule has 0 aliphatic carbocycles. The number of carbonyl (C=O) groups excluding carboxylic acids is 2. The second-order valence-electron chi connectivity index (χ2n) is 6.70. The van der Waals surface area contributed by atoms with Crippen LogP contribution in [-0.4, -0.2) is 30.8 Å². The number of hydrogen-bond acceptors (Lipinski definition) is 6. The first-order valence-corrected chi connectivity index (χ1v) is 9.56. The minimum atomic E-state index is -0.715. The third-order valence-electron chi connectivity index (χ3n) is 4.63. The van der Waals surface area contributed by atoms with Crippen LogP contribution in [0, 0.1) is 0 Å². The molecule has 1 aliphatic rings. The quantitative estimate of drug-likeness (QED) is 0.449. The molecular weight excluding hydrogens is 384 g/mol. The molecule has 1 aromatic heterocycles. The minimum absolute atomic E-state index is 0.0813. The molecule has 2 aromatic carbocycles. The fraction of sp³-hybridized carbons (Fsp3) is 0.167. The van der Waals surface area contributed by atoms with Crippen LogP contribution in [0.25, 0.3) is 0 Å². The molecule has 4 rings (SSSR count). The van der Waals surface area contributed by atoms with Crippen molar-refractivity contribution < 1.29 is 28.2 Å². The lowest BCUT2D eigenvalue weighted by Gasteiger charge is -2.31. The van der Waals surface area contributed by atoms with Gasteiger partial charge in [-0.15, -0.1) is 0 Å². The molecule has 2 heterocycles. The second-order valence-corrected chi connectivity index (χ2v) is 6.70. The lowest BCUT2D eigenvalue weighted by atomic mass is 10.1. The molecule has 152 valence electrons. The Balaban J connectivity index is 1.48. The SMILES string of the molecule is O=C(OC[C@H]1OC(c2ccco2)C=C[C@@H]1OC(=O)c1ccccc1)c1ccccc1. The van der Waals surface area contributed by atoms with Crippen LogP contribution in [0.2, 0.25) is 0 Å². The molecular formula is C24H20O6. The number of esters is 2. The van der Waals surface area contributed by atoms with Crippen LogP contribution < -0.4 is 0 Å². The normalized spacial score (nSPS) is 20.5. The smallest absolute Gasteiger partial charge is 0.338 e. The molecule has 3 atom stereocenters. The van der Waals surface area contributed by atoms with Gasteiger partial charge < -0.3 is 18.6 Å². The zero-order valence-corrected chi connectivity index (χ0v) is 16.0. The maximum Gasteiger partial charge on any atom is 0.338 e. The fourth-order valence-electron chi connectivity index (χ4n) is 3.09. The standard InChI is InChI=1S/C24H20O6/c25-23(17-8-3-1-4-9-17)28-16-22-21(30-24(26)18-10-5-2-6-11-18)14-13-20(29-22)19-12-7-15-27-19/h1-15,20-22H,16H2/t20?,21-,22+/m0/s1. The number of carbonyl (C=O) groups is 2. The van der Waals surface area contributed by atoms with Crippen LogP contribution in [0.4, 0.5) is 0 Å². The number of furan rings is 1. The Morgan fingerprint density at radius 3 is 2.10 bits per heavy atom. The number of ether oxygens (including phenoxy) is 3. The van der Waals surface area contributed by atoms with E-state index < -0.39 is 30.3 Å². The summed E-state index contributed by atoms with van der Waals surface area (Å²) in [6, 6.07) is 20.9. The Hall–Kier alpha value is -3.64. The maximum atomic E-state index is 12.5. The van der Waals surface area contributed by atoms with E-state index in [1.54, 1.807) is 79.1 Å². The average Bonchev–Trinajstić information content (AvgIpc) is 3.34. The molecule has 0 saturated carbocycles. The maximum absolute atomic E-state index is 12.5. The highest BCUT2D eigenvalue weighted by Gasteiger charge is 2.33. The van der Waals surface area contributed by atoms with Gasteiger partial charge >= 0.3 is 11.9 Å². The predicted octanol–water partition coefficient (Wildman–Crippen LogP) is 4.36. The van der Waals surface area contributed by atoms with Crippen molar-refractivity contribution in [2.24, 2.45) is 0 Å². The van der Waals surface area contributed by atoms with Gasteiger partial charge in [0.25, 0.3) is 0 Å². The third-order valence-corrected chi connectivity index (χ3v) is 4.63. The van der Waals surface area contributed by atoms with E-state index in [-0.39, 0.29) is 6.61 Å². The number of hydrogen-bond donors (Lipinski definition) is 0. The molecule has 6 nitrogen and oxygen atoms in total. The highest BCUT2D eigenvalue weighted by molar-refractivity contribution is 5.90. The van der Waals surface area contributed by atoms with E-state index in [9.17, 15) is 9.59 Å². The summed E-state index contributed by atoms with van der Waals surface area (Å²) in [6.07, 6.45) is 3.18. The lowest BCUT2D eigenvalue weighted by Crippen LogP contribution is -2.39. The Morgan fingerprint density at radius 2 is 1.47 bits per heavy atom. The summed E-state index contributed by atoms with van der Waals surface area (Å²) in [7, 11) is 0. The van der Waals surface area contributed by atoms with Gasteiger partial charge in [0.05, 0.1) is 17.4 Å². The first kappa shape index (κ1) is 19.7. The molecule has 0 fully saturated rings. The summed E-state index contributed by atoms with van der Waals surface area (Å²) < 4.78 is 22.5. The van der Waals surface area contributed by atoms with Crippen LogP contribution in [0.1, 0.15) is 32.6 Å². The highest BCUT2D eigenvalue weighted by Crippen LogP contribution is 2.28. The Labute approximate surface area is 173 Å². The van der Waals surface area contributed by atoms with Crippen LogP contribution in [0.5, 0.6) is 0 Å². The topological polar surface area (TPSA) is 75.0 Å². The van der Waals surface area contributed by atoms with Crippen molar-refractivity contribution in [3.63, 3.8) is 0 Å². The molecule has 0 N–H and O–H groups in total. The van der Waals surface area contributed by atoms with Gasteiger partial charge in [0, 0.05) is 0 Å². The van der Waals surface area contributed by atoms with E-state index in [2.05, 4.69) is 0 Å². The van der Waals surface area contributed by atoms with Gasteiger partial charge in [-0.25, -0.2) is 9.59 Å².